The molecule has 1 aliphatic rings. The third-order valence-corrected chi connectivity index (χ3v) is 8.34. The summed E-state index contributed by atoms with van der Waals surface area (Å²) in [7, 11) is 0. The van der Waals surface area contributed by atoms with Crippen molar-refractivity contribution in [3.8, 4) is 0 Å². The average Bonchev–Trinajstić information content (AvgIpc) is 3.80. The van der Waals surface area contributed by atoms with Crippen LogP contribution in [0.5, 0.6) is 0 Å². The second-order valence-electron chi connectivity index (χ2n) is 12.7. The van der Waals surface area contributed by atoms with Crippen LogP contribution in [0.3, 0.4) is 0 Å². The third-order valence-electron chi connectivity index (χ3n) is 8.34. The molecule has 6 nitrogen and oxygen atoms in total. The summed E-state index contributed by atoms with van der Waals surface area (Å²) in [6.07, 6.45) is 39.4. The Morgan fingerprint density at radius 2 is 1.11 bits per heavy atom. The van der Waals surface area contributed by atoms with Crippen molar-refractivity contribution >= 4 is 11.9 Å². The molecule has 1 saturated heterocycles. The van der Waals surface area contributed by atoms with E-state index in [1.54, 1.807) is 0 Å². The van der Waals surface area contributed by atoms with Crippen molar-refractivity contribution in [1.82, 2.24) is 0 Å². The Balaban J connectivity index is 1.95. The van der Waals surface area contributed by atoms with Gasteiger partial charge >= 0.3 is 11.9 Å². The quantitative estimate of drug-likeness (QED) is 0.0344. The molecule has 0 aromatic carbocycles. The van der Waals surface area contributed by atoms with E-state index in [-0.39, 0.29) is 25.2 Å². The summed E-state index contributed by atoms with van der Waals surface area (Å²) >= 11 is 0. The molecule has 1 rings (SSSR count). The van der Waals surface area contributed by atoms with Gasteiger partial charge < -0.3 is 19.3 Å². The molecule has 260 valence electrons. The van der Waals surface area contributed by atoms with Crippen molar-refractivity contribution in [2.24, 2.45) is 0 Å². The summed E-state index contributed by atoms with van der Waals surface area (Å²) in [4.78, 5) is 24.2. The molecule has 0 aromatic heterocycles. The van der Waals surface area contributed by atoms with E-state index in [2.05, 4.69) is 50.3 Å². The Kier molecular flexibility index (Phi) is 28.1. The van der Waals surface area contributed by atoms with Gasteiger partial charge in [0.2, 0.25) is 0 Å². The molecule has 0 saturated carbocycles. The zero-order valence-electron chi connectivity index (χ0n) is 29.1. The number of ether oxygens (including phenoxy) is 3. The van der Waals surface area contributed by atoms with Crippen LogP contribution in [0.25, 0.3) is 0 Å². The molecule has 0 amide bonds. The number of aliphatic hydroxyl groups is 1. The lowest BCUT2D eigenvalue weighted by molar-refractivity contribution is -0.161. The Morgan fingerprint density at radius 3 is 1.73 bits per heavy atom. The number of allylic oxidation sites excluding steroid dienone is 4. The SMILES string of the molecule is CCCCC/C=C\C/C=C\CC1OC1C/C=C\CCCC(=O)OC[C@H](CO)OC(=O)CCCCCCCCCCCCCCC. The van der Waals surface area contributed by atoms with Gasteiger partial charge in [-0.1, -0.05) is 140 Å². The molecule has 1 aliphatic heterocycles. The molecule has 1 heterocycles. The number of aliphatic hydroxyl groups excluding tert-OH is 1. The van der Waals surface area contributed by atoms with Crippen LogP contribution in [-0.4, -0.2) is 48.6 Å². The summed E-state index contributed by atoms with van der Waals surface area (Å²) in [6, 6.07) is 0. The summed E-state index contributed by atoms with van der Waals surface area (Å²) in [5, 5.41) is 9.53. The van der Waals surface area contributed by atoms with Gasteiger partial charge in [0.1, 0.15) is 6.61 Å². The molecular formula is C39H68O6. The number of rotatable bonds is 32. The number of unbranched alkanes of at least 4 members (excludes halogenated alkanes) is 16. The summed E-state index contributed by atoms with van der Waals surface area (Å²) in [5.74, 6) is -0.663. The molecular weight excluding hydrogens is 564 g/mol. The Hall–Kier alpha value is -1.92. The fourth-order valence-corrected chi connectivity index (χ4v) is 5.35. The first kappa shape index (κ1) is 41.1. The van der Waals surface area contributed by atoms with Crippen molar-refractivity contribution in [3.63, 3.8) is 0 Å². The van der Waals surface area contributed by atoms with Crippen LogP contribution in [0, 0.1) is 0 Å². The standard InChI is InChI=1S/C39H68O6/c1-3-5-7-9-11-13-14-15-16-18-20-22-28-32-39(42)44-35(33-40)34-43-38(41)31-27-24-23-26-30-37-36(45-37)29-25-21-19-17-12-10-8-6-4-2/h12,17,21,23,25-26,35-37,40H,3-11,13-16,18-20,22,24,27-34H2,1-2H3/b17-12-,25-21-,26-23-/t35-,36?,37?/m0/s1. The Labute approximate surface area is 276 Å². The van der Waals surface area contributed by atoms with E-state index in [9.17, 15) is 14.7 Å². The predicted octanol–water partition coefficient (Wildman–Crippen LogP) is 10.3. The van der Waals surface area contributed by atoms with E-state index in [0.717, 1.165) is 44.9 Å². The van der Waals surface area contributed by atoms with E-state index in [0.29, 0.717) is 31.5 Å². The van der Waals surface area contributed by atoms with Crippen LogP contribution in [0.15, 0.2) is 36.5 Å². The number of carbonyl (C=O) groups excluding carboxylic acids is 2. The lowest BCUT2D eigenvalue weighted by Gasteiger charge is -2.15. The first-order valence-corrected chi connectivity index (χ1v) is 18.7. The maximum absolute atomic E-state index is 12.1. The molecule has 1 fully saturated rings. The molecule has 3 atom stereocenters. The molecule has 0 spiro atoms. The largest absolute Gasteiger partial charge is 0.462 e. The minimum absolute atomic E-state index is 0.0976. The molecule has 0 bridgehead atoms. The van der Waals surface area contributed by atoms with Gasteiger partial charge in [-0.15, -0.1) is 0 Å². The van der Waals surface area contributed by atoms with Crippen LogP contribution < -0.4 is 0 Å². The number of hydrogen-bond acceptors (Lipinski definition) is 6. The zero-order chi connectivity index (χ0) is 32.6. The van der Waals surface area contributed by atoms with E-state index in [4.69, 9.17) is 14.2 Å². The van der Waals surface area contributed by atoms with E-state index >= 15 is 0 Å². The maximum atomic E-state index is 12.1. The minimum atomic E-state index is -0.795. The number of hydrogen-bond donors (Lipinski definition) is 1. The summed E-state index contributed by atoms with van der Waals surface area (Å²) in [6.45, 7) is 4.04. The maximum Gasteiger partial charge on any atom is 0.306 e. The fourth-order valence-electron chi connectivity index (χ4n) is 5.35. The Bertz CT molecular complexity index is 788. The van der Waals surface area contributed by atoms with Gasteiger partial charge in [0.25, 0.3) is 0 Å². The van der Waals surface area contributed by atoms with Gasteiger partial charge in [0, 0.05) is 12.8 Å². The van der Waals surface area contributed by atoms with Gasteiger partial charge in [-0.25, -0.2) is 0 Å². The molecule has 6 heteroatoms. The van der Waals surface area contributed by atoms with E-state index in [1.807, 2.05) is 0 Å². The monoisotopic (exact) mass is 633 g/mol. The first-order valence-electron chi connectivity index (χ1n) is 18.7. The van der Waals surface area contributed by atoms with Crippen LogP contribution in [0.2, 0.25) is 0 Å². The highest BCUT2D eigenvalue weighted by Crippen LogP contribution is 2.29. The second-order valence-corrected chi connectivity index (χ2v) is 12.7. The van der Waals surface area contributed by atoms with Crippen molar-refractivity contribution in [3.05, 3.63) is 36.5 Å². The molecule has 45 heavy (non-hydrogen) atoms. The van der Waals surface area contributed by atoms with Crippen molar-refractivity contribution in [2.75, 3.05) is 13.2 Å². The van der Waals surface area contributed by atoms with Crippen molar-refractivity contribution in [1.29, 1.82) is 0 Å². The molecule has 0 aliphatic carbocycles. The average molecular weight is 633 g/mol. The van der Waals surface area contributed by atoms with Gasteiger partial charge in [0.15, 0.2) is 6.10 Å². The Morgan fingerprint density at radius 1 is 0.622 bits per heavy atom. The topological polar surface area (TPSA) is 85.4 Å². The highest BCUT2D eigenvalue weighted by molar-refractivity contribution is 5.70. The summed E-state index contributed by atoms with van der Waals surface area (Å²) < 4.78 is 16.3. The molecule has 1 N–H and O–H groups in total. The molecule has 2 unspecified atom stereocenters. The van der Waals surface area contributed by atoms with Crippen LogP contribution in [-0.2, 0) is 23.8 Å². The first-order chi connectivity index (χ1) is 22.1. The van der Waals surface area contributed by atoms with Crippen LogP contribution in [0.1, 0.15) is 168 Å². The highest BCUT2D eigenvalue weighted by Gasteiger charge is 2.35. The molecule has 0 radical (unpaired) electrons. The fraction of sp³-hybridized carbons (Fsp3) is 0.795. The van der Waals surface area contributed by atoms with Crippen molar-refractivity contribution < 1.29 is 28.9 Å². The summed E-state index contributed by atoms with van der Waals surface area (Å²) in [5.41, 5.74) is 0. The van der Waals surface area contributed by atoms with E-state index in [1.165, 1.54) is 89.9 Å². The predicted molar refractivity (Wildman–Crippen MR) is 186 cm³/mol. The number of esters is 2. The van der Waals surface area contributed by atoms with Gasteiger partial charge in [-0.3, -0.25) is 9.59 Å². The van der Waals surface area contributed by atoms with Gasteiger partial charge in [-0.2, -0.15) is 0 Å². The van der Waals surface area contributed by atoms with Gasteiger partial charge in [-0.05, 0) is 51.4 Å². The zero-order valence-corrected chi connectivity index (χ0v) is 29.1. The third kappa shape index (κ3) is 27.0. The normalized spacial score (nSPS) is 17.0. The number of carbonyl (C=O) groups is 2. The lowest BCUT2D eigenvalue weighted by atomic mass is 10.0. The van der Waals surface area contributed by atoms with Gasteiger partial charge in [0.05, 0.1) is 18.8 Å². The smallest absolute Gasteiger partial charge is 0.306 e. The van der Waals surface area contributed by atoms with Crippen LogP contribution in [0.4, 0.5) is 0 Å². The minimum Gasteiger partial charge on any atom is -0.462 e. The van der Waals surface area contributed by atoms with Crippen LogP contribution >= 0.6 is 0 Å². The highest BCUT2D eigenvalue weighted by atomic mass is 16.6. The lowest BCUT2D eigenvalue weighted by Crippen LogP contribution is -2.28. The van der Waals surface area contributed by atoms with Crippen molar-refractivity contribution in [2.45, 2.75) is 186 Å². The molecule has 0 aromatic rings. The number of epoxide rings is 1. The second kappa shape index (κ2) is 30.7. The van der Waals surface area contributed by atoms with E-state index < -0.39 is 6.10 Å².